The van der Waals surface area contributed by atoms with Crippen LogP contribution in [0.4, 0.5) is 17.6 Å². The van der Waals surface area contributed by atoms with E-state index >= 15 is 0 Å². The second-order valence-electron chi connectivity index (χ2n) is 4.16. The van der Waals surface area contributed by atoms with Crippen LogP contribution in [-0.4, -0.2) is 8.42 Å². The molecule has 1 aromatic heterocycles. The highest BCUT2D eigenvalue weighted by Crippen LogP contribution is 2.32. The van der Waals surface area contributed by atoms with Gasteiger partial charge in [0, 0.05) is 12.1 Å². The van der Waals surface area contributed by atoms with Gasteiger partial charge in [-0.1, -0.05) is 23.7 Å². The van der Waals surface area contributed by atoms with Crippen molar-refractivity contribution in [2.45, 2.75) is 16.9 Å². The zero-order valence-electron chi connectivity index (χ0n) is 10.6. The molecule has 0 saturated carbocycles. The van der Waals surface area contributed by atoms with Crippen molar-refractivity contribution in [3.63, 3.8) is 0 Å². The van der Waals surface area contributed by atoms with Crippen LogP contribution in [0.3, 0.4) is 0 Å². The minimum absolute atomic E-state index is 0.107. The highest BCUT2D eigenvalue weighted by atomic mass is 35.5. The molecule has 0 radical (unpaired) electrons. The Morgan fingerprint density at radius 2 is 1.86 bits per heavy atom. The molecule has 0 bridgehead atoms. The maximum absolute atomic E-state index is 13.8. The molecule has 120 valence electrons. The zero-order valence-corrected chi connectivity index (χ0v) is 13.0. The number of halogens is 5. The molecule has 3 nitrogen and oxygen atoms in total. The molecule has 0 aliphatic rings. The molecule has 0 amide bonds. The van der Waals surface area contributed by atoms with Crippen molar-refractivity contribution in [3.8, 4) is 0 Å². The highest BCUT2D eigenvalue weighted by molar-refractivity contribution is 7.91. The molecule has 0 spiro atoms. The molecule has 22 heavy (non-hydrogen) atoms. The van der Waals surface area contributed by atoms with Crippen LogP contribution in [0.25, 0.3) is 0 Å². The molecule has 0 unspecified atom stereocenters. The third-order valence-corrected chi connectivity index (χ3v) is 5.77. The van der Waals surface area contributed by atoms with Crippen LogP contribution in [0.1, 0.15) is 11.1 Å². The molecule has 0 aliphatic heterocycles. The van der Waals surface area contributed by atoms with Gasteiger partial charge in [0.05, 0.1) is 9.90 Å². The second kappa shape index (κ2) is 6.15. The first-order valence-electron chi connectivity index (χ1n) is 5.71. The van der Waals surface area contributed by atoms with Crippen LogP contribution in [0.15, 0.2) is 34.5 Å². The van der Waals surface area contributed by atoms with E-state index < -0.39 is 39.7 Å². The van der Waals surface area contributed by atoms with Crippen LogP contribution >= 0.6 is 22.9 Å². The number of thiophene rings is 1. The maximum atomic E-state index is 13.8. The first kappa shape index (κ1) is 17.2. The number of rotatable bonds is 4. The first-order valence-corrected chi connectivity index (χ1v) is 8.38. The van der Waals surface area contributed by atoms with Crippen LogP contribution in [0.5, 0.6) is 0 Å². The van der Waals surface area contributed by atoms with E-state index in [-0.39, 0.29) is 8.55 Å². The molecule has 0 aliphatic carbocycles. The van der Waals surface area contributed by atoms with Crippen LogP contribution in [0, 0.1) is 5.82 Å². The molecule has 0 saturated heterocycles. The topological polar surface area (TPSA) is 46.2 Å². The van der Waals surface area contributed by atoms with Gasteiger partial charge < -0.3 is 0 Å². The van der Waals surface area contributed by atoms with Crippen molar-refractivity contribution >= 4 is 33.0 Å². The number of sulfonamides is 1. The Bertz CT molecular complexity index is 787. The summed E-state index contributed by atoms with van der Waals surface area (Å²) < 4.78 is 77.5. The van der Waals surface area contributed by atoms with E-state index in [2.05, 4.69) is 0 Å². The molecule has 0 atom stereocenters. The Morgan fingerprint density at radius 3 is 2.41 bits per heavy atom. The highest BCUT2D eigenvalue weighted by Gasteiger charge is 2.34. The summed E-state index contributed by atoms with van der Waals surface area (Å²) in [6.45, 7) is -0.604. The van der Waals surface area contributed by atoms with Crippen LogP contribution in [0.2, 0.25) is 4.34 Å². The molecule has 1 heterocycles. The summed E-state index contributed by atoms with van der Waals surface area (Å²) in [6.07, 6.45) is -4.85. The molecule has 0 fully saturated rings. The van der Waals surface area contributed by atoms with Gasteiger partial charge in [0.2, 0.25) is 10.0 Å². The third kappa shape index (κ3) is 3.78. The zero-order chi connectivity index (χ0) is 16.5. The van der Waals surface area contributed by atoms with Crippen LogP contribution in [-0.2, 0) is 22.7 Å². The smallest absolute Gasteiger partial charge is 0.206 e. The number of alkyl halides is 3. The molecular formula is C12H8ClF4NO2S2. The third-order valence-electron chi connectivity index (χ3n) is 2.65. The van der Waals surface area contributed by atoms with Gasteiger partial charge in [0.25, 0.3) is 0 Å². The van der Waals surface area contributed by atoms with Gasteiger partial charge in [-0.25, -0.2) is 17.5 Å². The summed E-state index contributed by atoms with van der Waals surface area (Å²) >= 11 is 6.40. The van der Waals surface area contributed by atoms with E-state index in [1.54, 1.807) is 0 Å². The van der Waals surface area contributed by atoms with Gasteiger partial charge in [0.15, 0.2) is 0 Å². The van der Waals surface area contributed by atoms with Crippen molar-refractivity contribution in [3.05, 3.63) is 51.6 Å². The normalized spacial score (nSPS) is 12.6. The van der Waals surface area contributed by atoms with Crippen LogP contribution < -0.4 is 4.72 Å². The second-order valence-corrected chi connectivity index (χ2v) is 7.87. The van der Waals surface area contributed by atoms with E-state index in [0.29, 0.717) is 6.07 Å². The number of benzene rings is 1. The molecule has 10 heteroatoms. The SMILES string of the molecule is O=S(=O)(NCc1cccc(C(F)(F)F)c1F)c1ccc(Cl)s1. The van der Waals surface area contributed by atoms with Gasteiger partial charge in [-0.3, -0.25) is 0 Å². The van der Waals surface area contributed by atoms with E-state index in [1.165, 1.54) is 12.1 Å². The molecule has 2 rings (SSSR count). The van der Waals surface area contributed by atoms with Gasteiger partial charge in [-0.15, -0.1) is 11.3 Å². The fourth-order valence-corrected chi connectivity index (χ4v) is 4.16. The average molecular weight is 374 g/mol. The maximum Gasteiger partial charge on any atom is 0.419 e. The Morgan fingerprint density at radius 1 is 1.18 bits per heavy atom. The Labute approximate surface area is 132 Å². The number of hydrogen-bond donors (Lipinski definition) is 1. The van der Waals surface area contributed by atoms with Crippen molar-refractivity contribution in [1.29, 1.82) is 0 Å². The van der Waals surface area contributed by atoms with E-state index in [0.717, 1.165) is 23.5 Å². The molecular weight excluding hydrogens is 366 g/mol. The lowest BCUT2D eigenvalue weighted by Crippen LogP contribution is -2.23. The largest absolute Gasteiger partial charge is 0.419 e. The van der Waals surface area contributed by atoms with Crippen molar-refractivity contribution < 1.29 is 26.0 Å². The Kier molecular flexibility index (Phi) is 4.81. The Hall–Kier alpha value is -1.16. The Balaban J connectivity index is 2.22. The average Bonchev–Trinajstić information content (AvgIpc) is 2.84. The lowest BCUT2D eigenvalue weighted by atomic mass is 10.1. The summed E-state index contributed by atoms with van der Waals surface area (Å²) in [5.74, 6) is -1.50. The van der Waals surface area contributed by atoms with E-state index in [4.69, 9.17) is 11.6 Å². The summed E-state index contributed by atoms with van der Waals surface area (Å²) in [5.41, 5.74) is -1.84. The summed E-state index contributed by atoms with van der Waals surface area (Å²) in [5, 5.41) is 0. The summed E-state index contributed by atoms with van der Waals surface area (Å²) in [4.78, 5) is 0. The minimum atomic E-state index is -4.85. The molecule has 2 aromatic rings. The molecule has 1 N–H and O–H groups in total. The van der Waals surface area contributed by atoms with Gasteiger partial charge >= 0.3 is 6.18 Å². The standard InChI is InChI=1S/C12H8ClF4NO2S2/c13-9-4-5-10(21-9)22(19,20)18-6-7-2-1-3-8(11(7)14)12(15,16)17/h1-5,18H,6H2. The number of hydrogen-bond acceptors (Lipinski definition) is 3. The minimum Gasteiger partial charge on any atom is -0.206 e. The lowest BCUT2D eigenvalue weighted by molar-refractivity contribution is -0.140. The fraction of sp³-hybridized carbons (Fsp3) is 0.167. The first-order chi connectivity index (χ1) is 10.1. The lowest BCUT2D eigenvalue weighted by Gasteiger charge is -2.11. The summed E-state index contributed by atoms with van der Waals surface area (Å²) in [6, 6.07) is 5.29. The van der Waals surface area contributed by atoms with E-state index in [1.807, 2.05) is 4.72 Å². The molecule has 1 aromatic carbocycles. The van der Waals surface area contributed by atoms with Crippen molar-refractivity contribution in [2.24, 2.45) is 0 Å². The number of nitrogens with one attached hydrogen (secondary N) is 1. The van der Waals surface area contributed by atoms with E-state index in [9.17, 15) is 26.0 Å². The van der Waals surface area contributed by atoms with Gasteiger partial charge in [0.1, 0.15) is 10.0 Å². The summed E-state index contributed by atoms with van der Waals surface area (Å²) in [7, 11) is -3.97. The monoisotopic (exact) mass is 373 g/mol. The van der Waals surface area contributed by atoms with Crippen molar-refractivity contribution in [2.75, 3.05) is 0 Å². The quantitative estimate of drug-likeness (QED) is 0.822. The predicted octanol–water partition coefficient (Wildman–Crippen LogP) is 4.04. The van der Waals surface area contributed by atoms with Gasteiger partial charge in [-0.05, 0) is 18.2 Å². The fourth-order valence-electron chi connectivity index (χ4n) is 1.62. The predicted molar refractivity (Wildman–Crippen MR) is 74.8 cm³/mol. The van der Waals surface area contributed by atoms with Gasteiger partial charge in [-0.2, -0.15) is 13.2 Å². The van der Waals surface area contributed by atoms with Crippen molar-refractivity contribution in [1.82, 2.24) is 4.72 Å².